The molecule has 1 unspecified atom stereocenters. The van der Waals surface area contributed by atoms with Crippen molar-refractivity contribution in [3.8, 4) is 33.4 Å². The normalized spacial score (nSPS) is 15.2. The molecule has 7 aromatic rings. The summed E-state index contributed by atoms with van der Waals surface area (Å²) in [6, 6.07) is 65.5. The first-order valence-corrected chi connectivity index (χ1v) is 22.1. The monoisotopic (exact) mass is 755 g/mol. The second-order valence-corrected chi connectivity index (χ2v) is 18.4. The fourth-order valence-electron chi connectivity index (χ4n) is 9.13. The smallest absolute Gasteiger partial charge is 0.0159 e. The van der Waals surface area contributed by atoms with Crippen molar-refractivity contribution in [1.29, 1.82) is 0 Å². The number of benzene rings is 7. The van der Waals surface area contributed by atoms with E-state index in [9.17, 15) is 0 Å². The van der Waals surface area contributed by atoms with Crippen molar-refractivity contribution < 1.29 is 0 Å². The molecule has 0 saturated heterocycles. The molecule has 1 aliphatic carbocycles. The molecule has 9 rings (SSSR count). The molecule has 282 valence electrons. The number of hydrogen-bond donors (Lipinski definition) is 0. The van der Waals surface area contributed by atoms with Gasteiger partial charge in [0.15, 0.2) is 0 Å². The summed E-state index contributed by atoms with van der Waals surface area (Å²) in [5.41, 5.74) is 19.0. The molecule has 2 atom stereocenters. The lowest BCUT2D eigenvalue weighted by Gasteiger charge is -2.25. The summed E-state index contributed by atoms with van der Waals surface area (Å²) in [6.45, 7) is 7.30. The molecular weight excluding hydrogens is 705 g/mol. The minimum atomic E-state index is -0.0687. The Morgan fingerprint density at radius 1 is 0.509 bits per heavy atom. The van der Waals surface area contributed by atoms with E-state index in [-0.39, 0.29) is 21.4 Å². The molecule has 0 N–H and O–H groups in total. The Bertz CT molecular complexity index is 2640. The Hall–Kier alpha value is -5.63. The summed E-state index contributed by atoms with van der Waals surface area (Å²) < 4.78 is 0. The van der Waals surface area contributed by atoms with Crippen LogP contribution in [-0.4, -0.2) is 16.5 Å². The molecule has 0 bridgehead atoms. The van der Waals surface area contributed by atoms with E-state index in [1.54, 1.807) is 0 Å². The maximum absolute atomic E-state index is 2.55. The number of hydrogen-bond acceptors (Lipinski definition) is 1. The SMILES string of the molecule is CC(Cc1ccc2c(c1)C(C)(C)c1cc([C@H](CCc3ccccc3)c3ccc(-c4cccc(-c5ccccc5)c4)cc3)ccc1-2)C[S-]1=CC=C(c2ccccc2)C=1. The van der Waals surface area contributed by atoms with Crippen LogP contribution in [0, 0.1) is 5.92 Å². The minimum absolute atomic E-state index is 0.0687. The molecule has 0 aromatic heterocycles. The van der Waals surface area contributed by atoms with Crippen molar-refractivity contribution >= 4 is 26.4 Å². The molecule has 7 aromatic carbocycles. The van der Waals surface area contributed by atoms with E-state index in [4.69, 9.17) is 0 Å². The minimum Gasteiger partial charge on any atom is -0.470 e. The Balaban J connectivity index is 0.965. The average molecular weight is 756 g/mol. The van der Waals surface area contributed by atoms with Gasteiger partial charge in [0.2, 0.25) is 0 Å². The van der Waals surface area contributed by atoms with Gasteiger partial charge in [-0.2, -0.15) is 10.7 Å². The number of rotatable bonds is 12. The molecule has 57 heavy (non-hydrogen) atoms. The van der Waals surface area contributed by atoms with Gasteiger partial charge in [0.1, 0.15) is 0 Å². The highest BCUT2D eigenvalue weighted by molar-refractivity contribution is 7.95. The van der Waals surface area contributed by atoms with E-state index >= 15 is 0 Å². The zero-order valence-electron chi connectivity index (χ0n) is 33.4. The van der Waals surface area contributed by atoms with Crippen molar-refractivity contribution in [2.75, 3.05) is 5.75 Å². The van der Waals surface area contributed by atoms with E-state index < -0.39 is 0 Å². The fraction of sp³-hybridized carbons (Fsp3) is 0.179. The maximum Gasteiger partial charge on any atom is 0.0159 e. The third-order valence-corrected chi connectivity index (χ3v) is 14.2. The van der Waals surface area contributed by atoms with Crippen LogP contribution in [-0.2, 0) is 28.3 Å². The van der Waals surface area contributed by atoms with Crippen LogP contribution >= 0.6 is 0 Å². The van der Waals surface area contributed by atoms with Crippen LogP contribution in [0.4, 0.5) is 0 Å². The van der Waals surface area contributed by atoms with Gasteiger partial charge in [-0.3, -0.25) is 0 Å². The van der Waals surface area contributed by atoms with E-state index in [0.717, 1.165) is 19.3 Å². The highest BCUT2D eigenvalue weighted by Gasteiger charge is 2.36. The van der Waals surface area contributed by atoms with E-state index in [2.05, 4.69) is 214 Å². The Kier molecular flexibility index (Phi) is 10.4. The first kappa shape index (κ1) is 37.0. The lowest BCUT2D eigenvalue weighted by atomic mass is 9.79. The first-order valence-electron chi connectivity index (χ1n) is 20.6. The van der Waals surface area contributed by atoms with E-state index in [1.807, 2.05) is 0 Å². The van der Waals surface area contributed by atoms with Crippen molar-refractivity contribution in [3.05, 3.63) is 221 Å². The van der Waals surface area contributed by atoms with Crippen LogP contribution in [0.25, 0.3) is 39.0 Å². The van der Waals surface area contributed by atoms with Gasteiger partial charge in [0, 0.05) is 11.3 Å². The molecular formula is C56H51S-. The summed E-state index contributed by atoms with van der Waals surface area (Å²) in [5.74, 6) is 2.09. The van der Waals surface area contributed by atoms with Crippen molar-refractivity contribution in [1.82, 2.24) is 0 Å². The van der Waals surface area contributed by atoms with Crippen LogP contribution in [0.5, 0.6) is 0 Å². The lowest BCUT2D eigenvalue weighted by molar-refractivity contribution is 0.641. The van der Waals surface area contributed by atoms with Crippen LogP contribution in [0.1, 0.15) is 72.1 Å². The molecule has 1 heterocycles. The predicted molar refractivity (Wildman–Crippen MR) is 250 cm³/mol. The highest BCUT2D eigenvalue weighted by atomic mass is 32.2. The summed E-state index contributed by atoms with van der Waals surface area (Å²) in [4.78, 5) is 0. The fourth-order valence-corrected chi connectivity index (χ4v) is 11.1. The first-order chi connectivity index (χ1) is 27.9. The van der Waals surface area contributed by atoms with Crippen LogP contribution in [0.2, 0.25) is 0 Å². The Morgan fingerprint density at radius 3 is 1.79 bits per heavy atom. The standard InChI is InChI=1S/C56H51S/c1-40(38-57-33-32-50(39-57)44-18-11-6-12-19-44)34-42-23-30-52-53-31-28-49(37-55(53)56(2,3)54(52)35-42)51(29-22-41-14-7-4-8-15-41)46-26-24-45(25-27-46)48-21-13-20-47(36-48)43-16-9-5-10-17-43/h4-21,23-28,30-33,35-37,39-40,51H,22,29,34,38H2,1-3H3/q-1/t40?,51-/m1/s1. The summed E-state index contributed by atoms with van der Waals surface area (Å²) in [5, 5.41) is 4.91. The van der Waals surface area contributed by atoms with Gasteiger partial charge in [-0.05, 0) is 103 Å². The second-order valence-electron chi connectivity index (χ2n) is 16.6. The molecule has 0 amide bonds. The van der Waals surface area contributed by atoms with Gasteiger partial charge in [0.05, 0.1) is 0 Å². The van der Waals surface area contributed by atoms with Crippen molar-refractivity contribution in [2.45, 2.75) is 51.4 Å². The molecule has 1 heteroatoms. The third kappa shape index (κ3) is 7.87. The van der Waals surface area contributed by atoms with E-state index in [1.165, 1.54) is 83.7 Å². The van der Waals surface area contributed by atoms with Crippen LogP contribution < -0.4 is 0 Å². The quantitative estimate of drug-likeness (QED) is 0.0860. The molecule has 1 aliphatic heterocycles. The second kappa shape index (κ2) is 16.1. The van der Waals surface area contributed by atoms with Gasteiger partial charge in [-0.1, -0.05) is 203 Å². The van der Waals surface area contributed by atoms with Crippen molar-refractivity contribution in [2.24, 2.45) is 5.92 Å². The number of allylic oxidation sites excluding steroid dienone is 2. The van der Waals surface area contributed by atoms with Crippen molar-refractivity contribution in [3.63, 3.8) is 0 Å². The van der Waals surface area contributed by atoms with Gasteiger partial charge >= 0.3 is 0 Å². The van der Waals surface area contributed by atoms with Gasteiger partial charge in [0.25, 0.3) is 0 Å². The third-order valence-electron chi connectivity index (χ3n) is 12.2. The molecule has 0 saturated carbocycles. The topological polar surface area (TPSA) is 0 Å². The van der Waals surface area contributed by atoms with Crippen LogP contribution in [0.3, 0.4) is 0 Å². The number of aryl methyl sites for hydroxylation is 1. The Morgan fingerprint density at radius 2 is 1.09 bits per heavy atom. The van der Waals surface area contributed by atoms with Gasteiger partial charge in [-0.15, -0.1) is 5.75 Å². The Labute approximate surface area is 342 Å². The van der Waals surface area contributed by atoms with Crippen LogP contribution in [0.15, 0.2) is 182 Å². The molecule has 2 aliphatic rings. The zero-order valence-corrected chi connectivity index (χ0v) is 34.2. The highest BCUT2D eigenvalue weighted by Crippen LogP contribution is 2.50. The predicted octanol–water partition coefficient (Wildman–Crippen LogP) is 13.6. The number of fused-ring (bicyclic) bond motifs is 3. The zero-order chi connectivity index (χ0) is 38.8. The maximum atomic E-state index is 2.55. The largest absolute Gasteiger partial charge is 0.470 e. The molecule has 0 nitrogen and oxygen atoms in total. The van der Waals surface area contributed by atoms with Gasteiger partial charge in [-0.25, -0.2) is 0 Å². The molecule has 0 fully saturated rings. The summed E-state index contributed by atoms with van der Waals surface area (Å²) in [6.07, 6.45) is 5.52. The molecule has 0 spiro atoms. The van der Waals surface area contributed by atoms with E-state index in [0.29, 0.717) is 5.92 Å². The lowest BCUT2D eigenvalue weighted by Crippen LogP contribution is -2.16. The summed E-state index contributed by atoms with van der Waals surface area (Å²) >= 11 is 0. The van der Waals surface area contributed by atoms with Gasteiger partial charge < -0.3 is 10.1 Å². The molecule has 0 radical (unpaired) electrons. The average Bonchev–Trinajstić information content (AvgIpc) is 3.81. The summed E-state index contributed by atoms with van der Waals surface area (Å²) in [7, 11) is 0.192.